The summed E-state index contributed by atoms with van der Waals surface area (Å²) in [6.45, 7) is 0. The van der Waals surface area contributed by atoms with Crippen LogP contribution in [-0.2, 0) is 4.57 Å². The van der Waals surface area contributed by atoms with E-state index in [1.54, 1.807) is 0 Å². The van der Waals surface area contributed by atoms with Crippen LogP contribution in [0.1, 0.15) is 0 Å². The first-order valence-electron chi connectivity index (χ1n) is 4.45. The second-order valence-corrected chi connectivity index (χ2v) is 4.59. The van der Waals surface area contributed by atoms with Gasteiger partial charge in [-0.1, -0.05) is 41.0 Å². The summed E-state index contributed by atoms with van der Waals surface area (Å²) in [5.41, 5.74) is 0. The summed E-state index contributed by atoms with van der Waals surface area (Å²) in [6, 6.07) is 19.1. The van der Waals surface area contributed by atoms with Gasteiger partial charge in [0.2, 0.25) is 0 Å². The van der Waals surface area contributed by atoms with Crippen molar-refractivity contribution in [2.75, 3.05) is 0 Å². The second-order valence-electron chi connectivity index (χ2n) is 2.97. The van der Waals surface area contributed by atoms with E-state index in [0.717, 1.165) is 10.6 Å². The van der Waals surface area contributed by atoms with Gasteiger partial charge >= 0.3 is 7.80 Å². The van der Waals surface area contributed by atoms with E-state index in [0.29, 0.717) is 0 Å². The Balaban J connectivity index is 0.00000112. The molecule has 0 saturated heterocycles. The van der Waals surface area contributed by atoms with Crippen molar-refractivity contribution in [1.82, 2.24) is 0 Å². The lowest BCUT2D eigenvalue weighted by molar-refractivity contribution is 0.598. The van der Waals surface area contributed by atoms with E-state index >= 15 is 0 Å². The zero-order chi connectivity index (χ0) is 9.80. The van der Waals surface area contributed by atoms with Crippen LogP contribution in [0, 0.1) is 0 Å². The van der Waals surface area contributed by atoms with E-state index < -0.39 is 7.80 Å². The molecule has 2 aromatic carbocycles. The van der Waals surface area contributed by atoms with E-state index in [-0.39, 0.29) is 11.0 Å². The maximum atomic E-state index is 12.0. The Kier molecular flexibility index (Phi) is 4.41. The van der Waals surface area contributed by atoms with Crippen LogP contribution in [0.3, 0.4) is 0 Å². The molecule has 0 bridgehead atoms. The SMILES string of the molecule is O=[P+](c1ccccc1)c1ccccc1.[SiH4]. The third kappa shape index (κ3) is 2.85. The van der Waals surface area contributed by atoms with Crippen LogP contribution in [0.5, 0.6) is 0 Å². The van der Waals surface area contributed by atoms with E-state index in [9.17, 15) is 4.57 Å². The second kappa shape index (κ2) is 5.59. The van der Waals surface area contributed by atoms with Crippen LogP contribution in [-0.4, -0.2) is 11.0 Å². The maximum absolute atomic E-state index is 12.0. The first kappa shape index (κ1) is 11.8. The number of hydrogen-bond donors (Lipinski definition) is 0. The minimum absolute atomic E-state index is 0. The molecule has 76 valence electrons. The predicted octanol–water partition coefficient (Wildman–Crippen LogP) is 1.01. The molecule has 0 N–H and O–H groups in total. The molecule has 0 spiro atoms. The Labute approximate surface area is 95.0 Å². The van der Waals surface area contributed by atoms with Crippen molar-refractivity contribution in [3.05, 3.63) is 60.7 Å². The van der Waals surface area contributed by atoms with Gasteiger partial charge in [0.25, 0.3) is 0 Å². The summed E-state index contributed by atoms with van der Waals surface area (Å²) >= 11 is 0. The minimum Gasteiger partial charge on any atom is -0.0619 e. The molecule has 0 aliphatic heterocycles. The molecular weight excluding hydrogens is 219 g/mol. The van der Waals surface area contributed by atoms with E-state index in [1.807, 2.05) is 60.7 Å². The smallest absolute Gasteiger partial charge is 0.0619 e. The van der Waals surface area contributed by atoms with Gasteiger partial charge in [-0.3, -0.25) is 0 Å². The van der Waals surface area contributed by atoms with Crippen LogP contribution in [0.2, 0.25) is 0 Å². The fourth-order valence-electron chi connectivity index (χ4n) is 1.28. The summed E-state index contributed by atoms with van der Waals surface area (Å²) in [7, 11) is -1.42. The van der Waals surface area contributed by atoms with E-state index in [1.165, 1.54) is 0 Å². The van der Waals surface area contributed by atoms with Gasteiger partial charge in [-0.25, -0.2) is 0 Å². The molecule has 2 rings (SSSR count). The van der Waals surface area contributed by atoms with E-state index in [2.05, 4.69) is 0 Å². The van der Waals surface area contributed by atoms with Crippen molar-refractivity contribution in [2.24, 2.45) is 0 Å². The van der Waals surface area contributed by atoms with Gasteiger partial charge in [-0.05, 0) is 35.2 Å². The number of rotatable bonds is 2. The molecule has 1 nitrogen and oxygen atoms in total. The largest absolute Gasteiger partial charge is 0.415 e. The van der Waals surface area contributed by atoms with Gasteiger partial charge in [-0.15, -0.1) is 0 Å². The van der Waals surface area contributed by atoms with Crippen LogP contribution in [0.25, 0.3) is 0 Å². The highest BCUT2D eigenvalue weighted by Crippen LogP contribution is 2.18. The van der Waals surface area contributed by atoms with Gasteiger partial charge < -0.3 is 0 Å². The third-order valence-electron chi connectivity index (χ3n) is 1.98. The number of benzene rings is 2. The Morgan fingerprint density at radius 2 is 1.00 bits per heavy atom. The summed E-state index contributed by atoms with van der Waals surface area (Å²) in [4.78, 5) is 0. The summed E-state index contributed by atoms with van der Waals surface area (Å²) in [5.74, 6) is 0. The fourth-order valence-corrected chi connectivity index (χ4v) is 2.46. The molecule has 0 amide bonds. The van der Waals surface area contributed by atoms with Gasteiger partial charge in [0.15, 0.2) is 10.6 Å². The maximum Gasteiger partial charge on any atom is 0.415 e. The van der Waals surface area contributed by atoms with Crippen molar-refractivity contribution in [1.29, 1.82) is 0 Å². The molecule has 0 aliphatic carbocycles. The third-order valence-corrected chi connectivity index (χ3v) is 3.52. The van der Waals surface area contributed by atoms with Crippen LogP contribution < -0.4 is 10.6 Å². The van der Waals surface area contributed by atoms with Crippen LogP contribution >= 0.6 is 7.80 Å². The topological polar surface area (TPSA) is 17.1 Å². The highest BCUT2D eigenvalue weighted by atomic mass is 31.1. The molecule has 15 heavy (non-hydrogen) atoms. The molecule has 0 aromatic heterocycles. The lowest BCUT2D eigenvalue weighted by Gasteiger charge is -1.87. The van der Waals surface area contributed by atoms with Crippen LogP contribution in [0.15, 0.2) is 60.7 Å². The molecule has 0 unspecified atom stereocenters. The normalized spacial score (nSPS) is 9.07. The lowest BCUT2D eigenvalue weighted by atomic mass is 10.4. The first-order chi connectivity index (χ1) is 6.88. The standard InChI is InChI=1S/C12H10OP.H4Si/c13-14(11-7-3-1-4-8-11)12-9-5-2-6-10-12;/h1-10H;1H4/q+1;. The predicted molar refractivity (Wildman–Crippen MR) is 71.1 cm³/mol. The monoisotopic (exact) mass is 233 g/mol. The summed E-state index contributed by atoms with van der Waals surface area (Å²) < 4.78 is 12.0. The Bertz CT molecular complexity index is 386. The van der Waals surface area contributed by atoms with Crippen molar-refractivity contribution in [2.45, 2.75) is 0 Å². The van der Waals surface area contributed by atoms with Gasteiger partial charge in [0, 0.05) is 0 Å². The van der Waals surface area contributed by atoms with Gasteiger partial charge in [0.1, 0.15) is 0 Å². The zero-order valence-electron chi connectivity index (χ0n) is 7.63. The zero-order valence-corrected chi connectivity index (χ0v) is 8.52. The summed E-state index contributed by atoms with van der Waals surface area (Å²) in [5, 5.41) is 1.77. The molecule has 2 aromatic rings. The molecule has 0 atom stereocenters. The van der Waals surface area contributed by atoms with E-state index in [4.69, 9.17) is 0 Å². The Hall–Kier alpha value is -1.24. The van der Waals surface area contributed by atoms with Crippen molar-refractivity contribution < 1.29 is 4.57 Å². The number of hydrogen-bond acceptors (Lipinski definition) is 1. The van der Waals surface area contributed by atoms with Crippen LogP contribution in [0.4, 0.5) is 0 Å². The average Bonchev–Trinajstić information content (AvgIpc) is 2.30. The Morgan fingerprint density at radius 1 is 0.667 bits per heavy atom. The van der Waals surface area contributed by atoms with Crippen molar-refractivity contribution in [3.63, 3.8) is 0 Å². The van der Waals surface area contributed by atoms with Crippen molar-refractivity contribution >= 4 is 29.4 Å². The molecule has 3 heteroatoms. The summed E-state index contributed by atoms with van der Waals surface area (Å²) in [6.07, 6.45) is 0. The Morgan fingerprint density at radius 3 is 1.33 bits per heavy atom. The molecular formula is C12H14OPSi+. The fraction of sp³-hybridized carbons (Fsp3) is 0. The highest BCUT2D eigenvalue weighted by Gasteiger charge is 2.21. The molecule has 0 radical (unpaired) electrons. The highest BCUT2D eigenvalue weighted by molar-refractivity contribution is 7.61. The van der Waals surface area contributed by atoms with Gasteiger partial charge in [0.05, 0.1) is 0 Å². The minimum atomic E-state index is -1.42. The van der Waals surface area contributed by atoms with Gasteiger partial charge in [-0.2, -0.15) is 0 Å². The molecule has 0 heterocycles. The first-order valence-corrected chi connectivity index (χ1v) is 5.71. The van der Waals surface area contributed by atoms with Crippen molar-refractivity contribution in [3.8, 4) is 0 Å². The molecule has 0 fully saturated rings. The lowest BCUT2D eigenvalue weighted by Crippen LogP contribution is -2.04. The average molecular weight is 233 g/mol. The molecule has 0 saturated carbocycles. The quantitative estimate of drug-likeness (QED) is 0.559. The molecule has 0 aliphatic rings.